The fourth-order valence-electron chi connectivity index (χ4n) is 2.24. The van der Waals surface area contributed by atoms with Crippen LogP contribution in [-0.2, 0) is 4.74 Å². The van der Waals surface area contributed by atoms with Crippen LogP contribution in [0.2, 0.25) is 0 Å². The van der Waals surface area contributed by atoms with Crippen LogP contribution >= 0.6 is 0 Å². The molecule has 0 N–H and O–H groups in total. The zero-order valence-corrected chi connectivity index (χ0v) is 10.0. The van der Waals surface area contributed by atoms with E-state index in [0.717, 1.165) is 5.69 Å². The Labute approximate surface area is 100 Å². The first-order valence-corrected chi connectivity index (χ1v) is 5.74. The average Bonchev–Trinajstić information content (AvgIpc) is 2.26. The Balaban J connectivity index is 2.26. The van der Waals surface area contributed by atoms with E-state index in [1.54, 1.807) is 6.07 Å². The number of hydrogen-bond acceptors (Lipinski definition) is 3. The summed E-state index contributed by atoms with van der Waals surface area (Å²) >= 11 is 0. The highest BCUT2D eigenvalue weighted by molar-refractivity contribution is 5.77. The standard InChI is InChI=1S/C13H16FNO2/c1-9-6-15(7-10(2)17-9)13-4-11(8-16)3-12(14)5-13/h3-5,8-10H,6-7H2,1-2H3. The predicted octanol–water partition coefficient (Wildman–Crippen LogP) is 2.25. The van der Waals surface area contributed by atoms with Crippen LogP contribution in [0.4, 0.5) is 10.1 Å². The molecule has 0 radical (unpaired) electrons. The van der Waals surface area contributed by atoms with Crippen LogP contribution in [0.1, 0.15) is 24.2 Å². The van der Waals surface area contributed by atoms with Gasteiger partial charge in [-0.15, -0.1) is 0 Å². The van der Waals surface area contributed by atoms with E-state index in [-0.39, 0.29) is 18.0 Å². The first kappa shape index (κ1) is 12.0. The smallest absolute Gasteiger partial charge is 0.150 e. The van der Waals surface area contributed by atoms with Crippen molar-refractivity contribution in [3.8, 4) is 0 Å². The molecule has 2 unspecified atom stereocenters. The molecule has 2 rings (SSSR count). The molecular weight excluding hydrogens is 221 g/mol. The molecular formula is C13H16FNO2. The van der Waals surface area contributed by atoms with Crippen molar-refractivity contribution in [2.24, 2.45) is 0 Å². The van der Waals surface area contributed by atoms with E-state index in [0.29, 0.717) is 24.9 Å². The second-order valence-electron chi connectivity index (χ2n) is 4.52. The van der Waals surface area contributed by atoms with Gasteiger partial charge >= 0.3 is 0 Å². The van der Waals surface area contributed by atoms with Gasteiger partial charge < -0.3 is 9.64 Å². The molecule has 0 saturated carbocycles. The molecule has 0 amide bonds. The van der Waals surface area contributed by atoms with Gasteiger partial charge in [0.05, 0.1) is 12.2 Å². The lowest BCUT2D eigenvalue weighted by molar-refractivity contribution is -0.00523. The Morgan fingerprint density at radius 2 is 1.94 bits per heavy atom. The van der Waals surface area contributed by atoms with Crippen LogP contribution in [0.3, 0.4) is 0 Å². The first-order valence-electron chi connectivity index (χ1n) is 5.74. The van der Waals surface area contributed by atoms with Gasteiger partial charge in [0.15, 0.2) is 0 Å². The Bertz CT molecular complexity index is 412. The highest BCUT2D eigenvalue weighted by atomic mass is 19.1. The number of morpholine rings is 1. The summed E-state index contributed by atoms with van der Waals surface area (Å²) in [5.74, 6) is -0.378. The van der Waals surface area contributed by atoms with Crippen LogP contribution in [0.25, 0.3) is 0 Å². The molecule has 0 aromatic heterocycles. The van der Waals surface area contributed by atoms with Gasteiger partial charge in [-0.05, 0) is 32.0 Å². The Kier molecular flexibility index (Phi) is 3.43. The number of anilines is 1. The van der Waals surface area contributed by atoms with E-state index in [2.05, 4.69) is 4.90 Å². The molecule has 1 aromatic rings. The number of benzene rings is 1. The number of carbonyl (C=O) groups excluding carboxylic acids is 1. The fraction of sp³-hybridized carbons (Fsp3) is 0.462. The van der Waals surface area contributed by atoms with Gasteiger partial charge in [-0.3, -0.25) is 4.79 Å². The SMILES string of the molecule is CC1CN(c2cc(F)cc(C=O)c2)CC(C)O1. The van der Waals surface area contributed by atoms with Crippen molar-refractivity contribution < 1.29 is 13.9 Å². The van der Waals surface area contributed by atoms with Crippen LogP contribution in [0.15, 0.2) is 18.2 Å². The minimum atomic E-state index is -0.378. The summed E-state index contributed by atoms with van der Waals surface area (Å²) in [6.45, 7) is 5.41. The highest BCUT2D eigenvalue weighted by Crippen LogP contribution is 2.22. The lowest BCUT2D eigenvalue weighted by atomic mass is 10.1. The maximum absolute atomic E-state index is 13.3. The zero-order valence-electron chi connectivity index (χ0n) is 10.0. The molecule has 3 nitrogen and oxygen atoms in total. The minimum Gasteiger partial charge on any atom is -0.372 e. The molecule has 0 aliphatic carbocycles. The van der Waals surface area contributed by atoms with Gasteiger partial charge in [0.2, 0.25) is 0 Å². The van der Waals surface area contributed by atoms with Crippen molar-refractivity contribution in [2.45, 2.75) is 26.1 Å². The summed E-state index contributed by atoms with van der Waals surface area (Å²) in [5, 5.41) is 0. The van der Waals surface area contributed by atoms with Crippen molar-refractivity contribution in [1.29, 1.82) is 0 Å². The van der Waals surface area contributed by atoms with Gasteiger partial charge in [-0.2, -0.15) is 0 Å². The molecule has 1 aromatic carbocycles. The van der Waals surface area contributed by atoms with E-state index < -0.39 is 0 Å². The first-order chi connectivity index (χ1) is 8.08. The third-order valence-corrected chi connectivity index (χ3v) is 2.83. The molecule has 1 heterocycles. The monoisotopic (exact) mass is 237 g/mol. The van der Waals surface area contributed by atoms with E-state index in [9.17, 15) is 9.18 Å². The third kappa shape index (κ3) is 2.82. The number of aldehydes is 1. The summed E-state index contributed by atoms with van der Waals surface area (Å²) in [5.41, 5.74) is 1.11. The Hall–Kier alpha value is -1.42. The molecule has 0 spiro atoms. The number of rotatable bonds is 2. The number of carbonyl (C=O) groups is 1. The number of nitrogens with zero attached hydrogens (tertiary/aromatic N) is 1. The summed E-state index contributed by atoms with van der Waals surface area (Å²) in [7, 11) is 0. The highest BCUT2D eigenvalue weighted by Gasteiger charge is 2.22. The van der Waals surface area contributed by atoms with Crippen LogP contribution in [0, 0.1) is 5.82 Å². The summed E-state index contributed by atoms with van der Waals surface area (Å²) in [4.78, 5) is 12.8. The van der Waals surface area contributed by atoms with E-state index >= 15 is 0 Å². The largest absolute Gasteiger partial charge is 0.372 e. The van der Waals surface area contributed by atoms with E-state index in [1.165, 1.54) is 12.1 Å². The molecule has 1 aliphatic heterocycles. The van der Waals surface area contributed by atoms with Crippen LogP contribution < -0.4 is 4.90 Å². The van der Waals surface area contributed by atoms with Gasteiger partial charge in [-0.25, -0.2) is 4.39 Å². The molecule has 0 bridgehead atoms. The normalized spacial score (nSPS) is 24.8. The van der Waals surface area contributed by atoms with Crippen molar-refractivity contribution in [2.75, 3.05) is 18.0 Å². The van der Waals surface area contributed by atoms with Crippen molar-refractivity contribution in [1.82, 2.24) is 0 Å². The number of ether oxygens (including phenoxy) is 1. The summed E-state index contributed by atoms with van der Waals surface area (Å²) in [6.07, 6.45) is 0.892. The van der Waals surface area contributed by atoms with Gasteiger partial charge in [0.1, 0.15) is 12.1 Å². The molecule has 4 heteroatoms. The minimum absolute atomic E-state index is 0.113. The number of halogens is 1. The molecule has 1 fully saturated rings. The second kappa shape index (κ2) is 4.84. The number of hydrogen-bond donors (Lipinski definition) is 0. The van der Waals surface area contributed by atoms with E-state index in [4.69, 9.17) is 4.74 Å². The zero-order chi connectivity index (χ0) is 12.4. The topological polar surface area (TPSA) is 29.5 Å². The predicted molar refractivity (Wildman–Crippen MR) is 64.0 cm³/mol. The van der Waals surface area contributed by atoms with Crippen LogP contribution in [0.5, 0.6) is 0 Å². The maximum atomic E-state index is 13.3. The third-order valence-electron chi connectivity index (χ3n) is 2.83. The average molecular weight is 237 g/mol. The van der Waals surface area contributed by atoms with Gasteiger partial charge in [0, 0.05) is 24.3 Å². The molecule has 92 valence electrons. The van der Waals surface area contributed by atoms with Gasteiger partial charge in [-0.1, -0.05) is 0 Å². The fourth-order valence-corrected chi connectivity index (χ4v) is 2.24. The lowest BCUT2D eigenvalue weighted by Gasteiger charge is -2.37. The van der Waals surface area contributed by atoms with Crippen LogP contribution in [-0.4, -0.2) is 31.6 Å². The lowest BCUT2D eigenvalue weighted by Crippen LogP contribution is -2.45. The molecule has 2 atom stereocenters. The van der Waals surface area contributed by atoms with Crippen molar-refractivity contribution in [3.63, 3.8) is 0 Å². The Morgan fingerprint density at radius 3 is 2.53 bits per heavy atom. The quantitative estimate of drug-likeness (QED) is 0.739. The molecule has 17 heavy (non-hydrogen) atoms. The maximum Gasteiger partial charge on any atom is 0.150 e. The van der Waals surface area contributed by atoms with Crippen molar-refractivity contribution >= 4 is 12.0 Å². The molecule has 1 aliphatic rings. The van der Waals surface area contributed by atoms with Crippen molar-refractivity contribution in [3.05, 3.63) is 29.6 Å². The van der Waals surface area contributed by atoms with Gasteiger partial charge in [0.25, 0.3) is 0 Å². The Morgan fingerprint density at radius 1 is 1.29 bits per heavy atom. The summed E-state index contributed by atoms with van der Waals surface area (Å²) < 4.78 is 19.0. The molecule has 1 saturated heterocycles. The summed E-state index contributed by atoms with van der Waals surface area (Å²) in [6, 6.07) is 4.41. The second-order valence-corrected chi connectivity index (χ2v) is 4.52. The van der Waals surface area contributed by atoms with E-state index in [1.807, 2.05) is 13.8 Å².